The Labute approximate surface area is 93.8 Å². The van der Waals surface area contributed by atoms with Crippen LogP contribution >= 0.6 is 0 Å². The molecule has 0 radical (unpaired) electrons. The summed E-state index contributed by atoms with van der Waals surface area (Å²) in [6.45, 7) is 0. The highest BCUT2D eigenvalue weighted by Gasteiger charge is 1.97. The summed E-state index contributed by atoms with van der Waals surface area (Å²) < 4.78 is 0. The van der Waals surface area contributed by atoms with Gasteiger partial charge in [-0.05, 0) is 22.8 Å². The van der Waals surface area contributed by atoms with Gasteiger partial charge in [-0.15, -0.1) is 0 Å². The van der Waals surface area contributed by atoms with Crippen LogP contribution in [0.3, 0.4) is 0 Å². The second-order valence-electron chi connectivity index (χ2n) is 3.58. The highest BCUT2D eigenvalue weighted by molar-refractivity contribution is 5.86. The molecule has 2 aromatic rings. The lowest BCUT2D eigenvalue weighted by Gasteiger charge is -2.03. The van der Waals surface area contributed by atoms with E-state index >= 15 is 0 Å². The van der Waals surface area contributed by atoms with E-state index in [1.54, 1.807) is 6.08 Å². The number of carboxylic acid groups (broad SMARTS) is 1. The average molecular weight is 212 g/mol. The maximum atomic E-state index is 10.4. The zero-order valence-corrected chi connectivity index (χ0v) is 8.76. The van der Waals surface area contributed by atoms with Crippen molar-refractivity contribution in [2.45, 2.75) is 6.42 Å². The van der Waals surface area contributed by atoms with Crippen molar-refractivity contribution in [3.8, 4) is 0 Å². The van der Waals surface area contributed by atoms with E-state index in [9.17, 15) is 4.79 Å². The number of hydrogen-bond acceptors (Lipinski definition) is 1. The fourth-order valence-corrected chi connectivity index (χ4v) is 1.76. The van der Waals surface area contributed by atoms with Gasteiger partial charge in [0.2, 0.25) is 0 Å². The minimum Gasteiger partial charge on any atom is -0.478 e. The Hall–Kier alpha value is -2.09. The van der Waals surface area contributed by atoms with Crippen LogP contribution in [0, 0.1) is 0 Å². The second-order valence-corrected chi connectivity index (χ2v) is 3.58. The van der Waals surface area contributed by atoms with E-state index in [-0.39, 0.29) is 0 Å². The summed E-state index contributed by atoms with van der Waals surface area (Å²) >= 11 is 0. The van der Waals surface area contributed by atoms with Crippen molar-refractivity contribution in [1.29, 1.82) is 0 Å². The number of allylic oxidation sites excluding steroid dienone is 1. The van der Waals surface area contributed by atoms with Crippen LogP contribution in [0.25, 0.3) is 10.8 Å². The fraction of sp³-hybridized carbons (Fsp3) is 0.0714. The summed E-state index contributed by atoms with van der Waals surface area (Å²) in [6, 6.07) is 14.2. The van der Waals surface area contributed by atoms with Crippen LogP contribution in [0.2, 0.25) is 0 Å². The molecular weight excluding hydrogens is 200 g/mol. The Morgan fingerprint density at radius 1 is 1.12 bits per heavy atom. The molecule has 0 aliphatic carbocycles. The molecule has 1 N–H and O–H groups in total. The van der Waals surface area contributed by atoms with Crippen molar-refractivity contribution in [2.75, 3.05) is 0 Å². The third kappa shape index (κ3) is 2.28. The molecule has 80 valence electrons. The molecule has 0 spiro atoms. The first kappa shape index (κ1) is 10.4. The third-order valence-corrected chi connectivity index (χ3v) is 2.48. The molecule has 2 rings (SSSR count). The van der Waals surface area contributed by atoms with Crippen LogP contribution in [-0.4, -0.2) is 11.1 Å². The Balaban J connectivity index is 2.34. The number of carbonyl (C=O) groups is 1. The van der Waals surface area contributed by atoms with E-state index in [4.69, 9.17) is 5.11 Å². The van der Waals surface area contributed by atoms with Crippen LogP contribution in [0.4, 0.5) is 0 Å². The largest absolute Gasteiger partial charge is 0.478 e. The number of benzene rings is 2. The topological polar surface area (TPSA) is 37.3 Å². The first-order valence-electron chi connectivity index (χ1n) is 5.13. The zero-order chi connectivity index (χ0) is 11.4. The normalized spacial score (nSPS) is 11.0. The number of hydrogen-bond donors (Lipinski definition) is 1. The molecule has 0 saturated heterocycles. The molecule has 2 heteroatoms. The minimum absolute atomic E-state index is 0.646. The van der Waals surface area contributed by atoms with E-state index in [0.29, 0.717) is 6.42 Å². The molecule has 2 aromatic carbocycles. The SMILES string of the molecule is O=C(O)C=CCc1cccc2ccccc12. The van der Waals surface area contributed by atoms with E-state index in [2.05, 4.69) is 18.2 Å². The van der Waals surface area contributed by atoms with E-state index < -0.39 is 5.97 Å². The standard InChI is InChI=1S/C14H12O2/c15-14(16)10-4-8-12-7-3-6-11-5-1-2-9-13(11)12/h1-7,9-10H,8H2,(H,15,16). The number of fused-ring (bicyclic) bond motifs is 1. The van der Waals surface area contributed by atoms with Gasteiger partial charge in [0.15, 0.2) is 0 Å². The first-order chi connectivity index (χ1) is 7.77. The minimum atomic E-state index is -0.903. The van der Waals surface area contributed by atoms with E-state index in [1.165, 1.54) is 16.8 Å². The maximum Gasteiger partial charge on any atom is 0.327 e. The molecule has 0 heterocycles. The van der Waals surface area contributed by atoms with Crippen molar-refractivity contribution < 1.29 is 9.90 Å². The van der Waals surface area contributed by atoms with Crippen molar-refractivity contribution in [2.24, 2.45) is 0 Å². The van der Waals surface area contributed by atoms with Gasteiger partial charge in [-0.3, -0.25) is 0 Å². The van der Waals surface area contributed by atoms with Gasteiger partial charge in [-0.25, -0.2) is 4.79 Å². The summed E-state index contributed by atoms with van der Waals surface area (Å²) in [7, 11) is 0. The smallest absolute Gasteiger partial charge is 0.327 e. The van der Waals surface area contributed by atoms with Gasteiger partial charge in [0.05, 0.1) is 0 Å². The molecule has 0 fully saturated rings. The Kier molecular flexibility index (Phi) is 3.01. The summed E-state index contributed by atoms with van der Waals surface area (Å²) in [5.41, 5.74) is 1.15. The van der Waals surface area contributed by atoms with Gasteiger partial charge in [-0.1, -0.05) is 48.5 Å². The van der Waals surface area contributed by atoms with Gasteiger partial charge >= 0.3 is 5.97 Å². The average Bonchev–Trinajstić information content (AvgIpc) is 2.29. The lowest BCUT2D eigenvalue weighted by Crippen LogP contribution is -1.88. The van der Waals surface area contributed by atoms with Crippen molar-refractivity contribution in [1.82, 2.24) is 0 Å². The Bertz CT molecular complexity index is 536. The first-order valence-corrected chi connectivity index (χ1v) is 5.13. The number of carboxylic acids is 1. The summed E-state index contributed by atoms with van der Waals surface area (Å²) in [5.74, 6) is -0.903. The van der Waals surface area contributed by atoms with Gasteiger partial charge in [0, 0.05) is 6.08 Å². The monoisotopic (exact) mass is 212 g/mol. The second kappa shape index (κ2) is 4.62. The van der Waals surface area contributed by atoms with Crippen molar-refractivity contribution in [3.63, 3.8) is 0 Å². The van der Waals surface area contributed by atoms with Crippen molar-refractivity contribution >= 4 is 16.7 Å². The highest BCUT2D eigenvalue weighted by Crippen LogP contribution is 2.18. The molecule has 0 aromatic heterocycles. The molecule has 0 saturated carbocycles. The van der Waals surface area contributed by atoms with Crippen LogP contribution in [0.15, 0.2) is 54.6 Å². The van der Waals surface area contributed by atoms with Crippen LogP contribution in [0.1, 0.15) is 5.56 Å². The summed E-state index contributed by atoms with van der Waals surface area (Å²) in [4.78, 5) is 10.4. The summed E-state index contributed by atoms with van der Waals surface area (Å²) in [6.07, 6.45) is 3.50. The predicted molar refractivity (Wildman–Crippen MR) is 64.4 cm³/mol. The van der Waals surface area contributed by atoms with Gasteiger partial charge in [-0.2, -0.15) is 0 Å². The molecular formula is C14H12O2. The quantitative estimate of drug-likeness (QED) is 0.794. The number of aliphatic carboxylic acids is 1. The molecule has 16 heavy (non-hydrogen) atoms. The maximum absolute atomic E-state index is 10.4. The highest BCUT2D eigenvalue weighted by atomic mass is 16.4. The molecule has 0 aliphatic heterocycles. The molecule has 2 nitrogen and oxygen atoms in total. The van der Waals surface area contributed by atoms with Gasteiger partial charge in [0.25, 0.3) is 0 Å². The Morgan fingerprint density at radius 3 is 2.69 bits per heavy atom. The third-order valence-electron chi connectivity index (χ3n) is 2.48. The summed E-state index contributed by atoms with van der Waals surface area (Å²) in [5, 5.41) is 10.9. The molecule has 0 bridgehead atoms. The van der Waals surface area contributed by atoms with Crippen LogP contribution < -0.4 is 0 Å². The zero-order valence-electron chi connectivity index (χ0n) is 8.76. The van der Waals surface area contributed by atoms with E-state index in [0.717, 1.165) is 5.56 Å². The number of rotatable bonds is 3. The van der Waals surface area contributed by atoms with Crippen LogP contribution in [0.5, 0.6) is 0 Å². The molecule has 0 amide bonds. The molecule has 0 unspecified atom stereocenters. The van der Waals surface area contributed by atoms with Gasteiger partial charge < -0.3 is 5.11 Å². The lowest BCUT2D eigenvalue weighted by molar-refractivity contribution is -0.131. The lowest BCUT2D eigenvalue weighted by atomic mass is 10.0. The van der Waals surface area contributed by atoms with Crippen LogP contribution in [-0.2, 0) is 11.2 Å². The Morgan fingerprint density at radius 2 is 1.88 bits per heavy atom. The van der Waals surface area contributed by atoms with E-state index in [1.807, 2.05) is 24.3 Å². The molecule has 0 atom stereocenters. The fourth-order valence-electron chi connectivity index (χ4n) is 1.76. The van der Waals surface area contributed by atoms with Crippen molar-refractivity contribution in [3.05, 3.63) is 60.2 Å². The predicted octanol–water partition coefficient (Wildman–Crippen LogP) is 3.02. The molecule has 0 aliphatic rings. The van der Waals surface area contributed by atoms with Gasteiger partial charge in [0.1, 0.15) is 0 Å².